The van der Waals surface area contributed by atoms with Crippen LogP contribution in [0.4, 0.5) is 5.13 Å². The maximum Gasteiger partial charge on any atom is 0.205 e. The van der Waals surface area contributed by atoms with Crippen LogP contribution < -0.4 is 10.2 Å². The molecule has 3 rings (SSSR count). The number of aromatic nitrogens is 2. The molecule has 0 radical (unpaired) electrons. The maximum absolute atomic E-state index is 4.65. The molecule has 1 N–H and O–H groups in total. The van der Waals surface area contributed by atoms with Crippen molar-refractivity contribution in [1.29, 1.82) is 0 Å². The topological polar surface area (TPSA) is 44.3 Å². The molecule has 19 heavy (non-hydrogen) atoms. The summed E-state index contributed by atoms with van der Waals surface area (Å²) < 4.78 is 4.44. The first kappa shape index (κ1) is 13.3. The van der Waals surface area contributed by atoms with Gasteiger partial charge in [0, 0.05) is 56.7 Å². The van der Waals surface area contributed by atoms with Gasteiger partial charge in [-0.1, -0.05) is 6.92 Å². The number of nitrogens with one attached hydrogen (secondary N) is 1. The van der Waals surface area contributed by atoms with Gasteiger partial charge in [0.25, 0.3) is 0 Å². The second-order valence-corrected chi connectivity index (χ2v) is 6.14. The Morgan fingerprint density at radius 3 is 2.84 bits per heavy atom. The average Bonchev–Trinajstić information content (AvgIpc) is 3.10. The van der Waals surface area contributed by atoms with Gasteiger partial charge < -0.3 is 10.2 Å². The Hall–Kier alpha value is -0.720. The van der Waals surface area contributed by atoms with E-state index in [-0.39, 0.29) is 0 Å². The molecule has 1 aromatic heterocycles. The third-order valence-corrected chi connectivity index (χ3v) is 4.88. The van der Waals surface area contributed by atoms with Gasteiger partial charge in [0.2, 0.25) is 5.13 Å². The van der Waals surface area contributed by atoms with Gasteiger partial charge in [-0.3, -0.25) is 4.90 Å². The molecular weight excluding hydrogens is 258 g/mol. The fraction of sp³-hybridized carbons (Fsp3) is 0.846. The van der Waals surface area contributed by atoms with E-state index < -0.39 is 0 Å². The van der Waals surface area contributed by atoms with Gasteiger partial charge in [-0.25, -0.2) is 4.98 Å². The van der Waals surface area contributed by atoms with Crippen LogP contribution in [-0.2, 0) is 6.42 Å². The fourth-order valence-electron chi connectivity index (χ4n) is 2.93. The van der Waals surface area contributed by atoms with E-state index in [1.165, 1.54) is 19.5 Å². The molecule has 3 heterocycles. The van der Waals surface area contributed by atoms with Crippen molar-refractivity contribution in [2.24, 2.45) is 0 Å². The van der Waals surface area contributed by atoms with Crippen molar-refractivity contribution in [3.05, 3.63) is 5.82 Å². The summed E-state index contributed by atoms with van der Waals surface area (Å²) in [5.41, 5.74) is 0. The van der Waals surface area contributed by atoms with Crippen molar-refractivity contribution in [2.45, 2.75) is 32.2 Å². The molecule has 1 atom stereocenters. The predicted octanol–water partition coefficient (Wildman–Crippen LogP) is 0.974. The zero-order valence-electron chi connectivity index (χ0n) is 11.6. The Morgan fingerprint density at radius 2 is 2.16 bits per heavy atom. The molecule has 0 aliphatic carbocycles. The van der Waals surface area contributed by atoms with Crippen LogP contribution in [0.3, 0.4) is 0 Å². The lowest BCUT2D eigenvalue weighted by atomic mass is 10.2. The van der Waals surface area contributed by atoms with Crippen LogP contribution in [0, 0.1) is 0 Å². The number of rotatable bonds is 4. The van der Waals surface area contributed by atoms with E-state index in [0.717, 1.165) is 56.0 Å². The minimum Gasteiger partial charge on any atom is -0.344 e. The smallest absolute Gasteiger partial charge is 0.205 e. The minimum absolute atomic E-state index is 0.757. The lowest BCUT2D eigenvalue weighted by molar-refractivity contribution is 0.196. The van der Waals surface area contributed by atoms with Gasteiger partial charge in [-0.05, 0) is 19.4 Å². The molecule has 0 aromatic carbocycles. The first-order valence-corrected chi connectivity index (χ1v) is 8.16. The van der Waals surface area contributed by atoms with Crippen LogP contribution in [0.25, 0.3) is 0 Å². The van der Waals surface area contributed by atoms with Crippen molar-refractivity contribution < 1.29 is 0 Å². The lowest BCUT2D eigenvalue weighted by Gasteiger charge is -2.37. The van der Waals surface area contributed by atoms with Crippen LogP contribution in [0.1, 0.15) is 25.6 Å². The quantitative estimate of drug-likeness (QED) is 0.891. The largest absolute Gasteiger partial charge is 0.344 e. The second kappa shape index (κ2) is 6.15. The molecule has 1 unspecified atom stereocenters. The van der Waals surface area contributed by atoms with Crippen LogP contribution in [0.2, 0.25) is 0 Å². The summed E-state index contributed by atoms with van der Waals surface area (Å²) in [4.78, 5) is 9.68. The Labute approximate surface area is 119 Å². The van der Waals surface area contributed by atoms with Gasteiger partial charge in [-0.15, -0.1) is 0 Å². The molecule has 0 saturated carbocycles. The molecule has 1 aromatic rings. The standard InChI is InChI=1S/C13H23N5S/c1-2-3-12-15-13(19-16-12)18-8-6-17(7-9-18)11-4-5-14-10-11/h11,14H,2-10H2,1H3. The Morgan fingerprint density at radius 1 is 1.32 bits per heavy atom. The van der Waals surface area contributed by atoms with Crippen molar-refractivity contribution in [3.8, 4) is 0 Å². The van der Waals surface area contributed by atoms with E-state index in [4.69, 9.17) is 0 Å². The Bertz CT molecular complexity index is 393. The van der Waals surface area contributed by atoms with Crippen LogP contribution >= 0.6 is 11.5 Å². The van der Waals surface area contributed by atoms with Gasteiger partial charge >= 0.3 is 0 Å². The summed E-state index contributed by atoms with van der Waals surface area (Å²) in [7, 11) is 0. The number of piperazine rings is 1. The molecule has 2 fully saturated rings. The van der Waals surface area contributed by atoms with E-state index in [2.05, 4.69) is 31.4 Å². The number of nitrogens with zero attached hydrogens (tertiary/aromatic N) is 4. The van der Waals surface area contributed by atoms with Crippen LogP contribution in [-0.4, -0.2) is 59.6 Å². The SMILES string of the molecule is CCCc1nsc(N2CCN(C3CCNC3)CC2)n1. The Balaban J connectivity index is 1.53. The number of anilines is 1. The zero-order valence-corrected chi connectivity index (χ0v) is 12.5. The molecular formula is C13H23N5S. The summed E-state index contributed by atoms with van der Waals surface area (Å²) in [6.45, 7) is 9.04. The third-order valence-electron chi connectivity index (χ3n) is 4.07. The van der Waals surface area contributed by atoms with Crippen molar-refractivity contribution in [1.82, 2.24) is 19.6 Å². The summed E-state index contributed by atoms with van der Waals surface area (Å²) in [6.07, 6.45) is 3.43. The molecule has 0 amide bonds. The molecule has 5 nitrogen and oxygen atoms in total. The molecule has 6 heteroatoms. The highest BCUT2D eigenvalue weighted by Crippen LogP contribution is 2.21. The van der Waals surface area contributed by atoms with E-state index in [1.807, 2.05) is 0 Å². The van der Waals surface area contributed by atoms with Crippen molar-refractivity contribution in [3.63, 3.8) is 0 Å². The summed E-state index contributed by atoms with van der Waals surface area (Å²) in [6, 6.07) is 0.757. The third kappa shape index (κ3) is 3.07. The average molecular weight is 281 g/mol. The Kier molecular flexibility index (Phi) is 4.30. The molecule has 2 aliphatic heterocycles. The highest BCUT2D eigenvalue weighted by atomic mass is 32.1. The van der Waals surface area contributed by atoms with Gasteiger partial charge in [0.05, 0.1) is 0 Å². The highest BCUT2D eigenvalue weighted by molar-refractivity contribution is 7.09. The van der Waals surface area contributed by atoms with Crippen molar-refractivity contribution in [2.75, 3.05) is 44.2 Å². The number of hydrogen-bond donors (Lipinski definition) is 1. The molecule has 0 bridgehead atoms. The van der Waals surface area contributed by atoms with E-state index in [0.29, 0.717) is 0 Å². The van der Waals surface area contributed by atoms with Crippen molar-refractivity contribution >= 4 is 16.7 Å². The summed E-state index contributed by atoms with van der Waals surface area (Å²) in [5.74, 6) is 1.02. The van der Waals surface area contributed by atoms with Gasteiger partial charge in [0.1, 0.15) is 5.82 Å². The van der Waals surface area contributed by atoms with Crippen LogP contribution in [0.5, 0.6) is 0 Å². The molecule has 2 saturated heterocycles. The highest BCUT2D eigenvalue weighted by Gasteiger charge is 2.27. The fourth-order valence-corrected chi connectivity index (χ4v) is 3.69. The first-order chi connectivity index (χ1) is 9.36. The number of aryl methyl sites for hydroxylation is 1. The van der Waals surface area contributed by atoms with Crippen LogP contribution in [0.15, 0.2) is 0 Å². The second-order valence-electron chi connectivity index (χ2n) is 5.41. The summed E-state index contributed by atoms with van der Waals surface area (Å²) in [5, 5.41) is 4.57. The van der Waals surface area contributed by atoms with E-state index in [1.54, 1.807) is 11.5 Å². The maximum atomic E-state index is 4.65. The molecule has 0 spiro atoms. The molecule has 2 aliphatic rings. The number of hydrogen-bond acceptors (Lipinski definition) is 6. The lowest BCUT2D eigenvalue weighted by Crippen LogP contribution is -2.51. The van der Waals surface area contributed by atoms with E-state index in [9.17, 15) is 0 Å². The first-order valence-electron chi connectivity index (χ1n) is 7.39. The monoisotopic (exact) mass is 281 g/mol. The van der Waals surface area contributed by atoms with Gasteiger partial charge in [-0.2, -0.15) is 4.37 Å². The summed E-state index contributed by atoms with van der Waals surface area (Å²) >= 11 is 1.56. The zero-order chi connectivity index (χ0) is 13.1. The normalized spacial score (nSPS) is 25.1. The molecule has 106 valence electrons. The van der Waals surface area contributed by atoms with Gasteiger partial charge in [0.15, 0.2) is 0 Å². The minimum atomic E-state index is 0.757. The predicted molar refractivity (Wildman–Crippen MR) is 79.0 cm³/mol. The van der Waals surface area contributed by atoms with E-state index >= 15 is 0 Å².